The Balaban J connectivity index is 2.47. The molecule has 0 aromatic heterocycles. The van der Waals surface area contributed by atoms with Gasteiger partial charge in [-0.05, 0) is 43.8 Å². The van der Waals surface area contributed by atoms with Crippen molar-refractivity contribution in [1.82, 2.24) is 5.32 Å². The van der Waals surface area contributed by atoms with Gasteiger partial charge in [0.2, 0.25) is 5.91 Å². The van der Waals surface area contributed by atoms with Crippen molar-refractivity contribution in [1.29, 1.82) is 0 Å². The summed E-state index contributed by atoms with van der Waals surface area (Å²) in [6, 6.07) is 0. The molecule has 106 valence electrons. The minimum atomic E-state index is -1.65. The first-order chi connectivity index (χ1) is 8.17. The van der Waals surface area contributed by atoms with Crippen molar-refractivity contribution >= 4 is 14.2 Å². The maximum absolute atomic E-state index is 11.6. The van der Waals surface area contributed by atoms with Crippen molar-refractivity contribution in [2.24, 2.45) is 5.92 Å². The molecular formula is C14H29NO2Si. The van der Waals surface area contributed by atoms with Gasteiger partial charge >= 0.3 is 0 Å². The van der Waals surface area contributed by atoms with Gasteiger partial charge < -0.3 is 9.74 Å². The molecule has 0 atom stereocenters. The Bertz CT molecular complexity index is 289. The van der Waals surface area contributed by atoms with Crippen LogP contribution < -0.4 is 5.32 Å². The Morgan fingerprint density at radius 2 is 1.67 bits per heavy atom. The summed E-state index contributed by atoms with van der Waals surface area (Å²) in [5, 5.41) is 3.02. The van der Waals surface area contributed by atoms with E-state index in [-0.39, 0.29) is 16.9 Å². The van der Waals surface area contributed by atoms with Gasteiger partial charge in [-0.25, -0.2) is 0 Å². The highest BCUT2D eigenvalue weighted by molar-refractivity contribution is 6.74. The van der Waals surface area contributed by atoms with Crippen LogP contribution in [0.5, 0.6) is 0 Å². The lowest BCUT2D eigenvalue weighted by Crippen LogP contribution is -2.45. The van der Waals surface area contributed by atoms with Gasteiger partial charge in [-0.15, -0.1) is 0 Å². The Morgan fingerprint density at radius 3 is 2.06 bits per heavy atom. The van der Waals surface area contributed by atoms with Crippen molar-refractivity contribution in [2.75, 3.05) is 7.05 Å². The zero-order chi connectivity index (χ0) is 14.0. The highest BCUT2D eigenvalue weighted by Gasteiger charge is 2.40. The number of carbonyl (C=O) groups excluding carboxylic acids is 1. The molecule has 18 heavy (non-hydrogen) atoms. The van der Waals surface area contributed by atoms with Crippen molar-refractivity contribution < 1.29 is 9.22 Å². The number of rotatable bonds is 3. The molecule has 0 unspecified atom stereocenters. The van der Waals surface area contributed by atoms with Gasteiger partial charge in [0.05, 0.1) is 0 Å². The predicted molar refractivity (Wildman–Crippen MR) is 78.1 cm³/mol. The molecule has 1 aliphatic rings. The normalized spacial score (nSPS) is 25.9. The zero-order valence-electron chi connectivity index (χ0n) is 12.8. The van der Waals surface area contributed by atoms with Gasteiger partial charge in [-0.2, -0.15) is 0 Å². The Morgan fingerprint density at radius 1 is 1.17 bits per heavy atom. The fourth-order valence-electron chi connectivity index (χ4n) is 2.24. The van der Waals surface area contributed by atoms with E-state index in [1.54, 1.807) is 7.05 Å². The monoisotopic (exact) mass is 271 g/mol. The van der Waals surface area contributed by atoms with E-state index in [2.05, 4.69) is 39.2 Å². The van der Waals surface area contributed by atoms with Crippen LogP contribution in [0.4, 0.5) is 0 Å². The first kappa shape index (κ1) is 15.7. The van der Waals surface area contributed by atoms with Crippen LogP contribution >= 0.6 is 0 Å². The van der Waals surface area contributed by atoms with Gasteiger partial charge in [0.25, 0.3) is 0 Å². The Kier molecular flexibility index (Phi) is 5.01. The maximum atomic E-state index is 11.6. The molecule has 0 spiro atoms. The third-order valence-corrected chi connectivity index (χ3v) is 9.09. The summed E-state index contributed by atoms with van der Waals surface area (Å²) in [6.07, 6.45) is 4.37. The van der Waals surface area contributed by atoms with Crippen molar-refractivity contribution in [3.8, 4) is 0 Å². The average molecular weight is 271 g/mol. The Labute approximate surface area is 113 Å². The lowest BCUT2D eigenvalue weighted by Gasteiger charge is -2.41. The van der Waals surface area contributed by atoms with Gasteiger partial charge in [-0.1, -0.05) is 20.8 Å². The second-order valence-electron chi connectivity index (χ2n) is 6.97. The number of nitrogens with one attached hydrogen (secondary N) is 1. The van der Waals surface area contributed by atoms with Crippen molar-refractivity contribution in [2.45, 2.75) is 70.7 Å². The standard InChI is InChI=1S/C14H29NO2Si/c1-14(2,3)18(5,6)17-12-9-7-11(8-10-12)13(16)15-4/h11-12H,7-10H2,1-6H3,(H,15,16). The molecule has 1 N–H and O–H groups in total. The van der Waals surface area contributed by atoms with E-state index in [1.807, 2.05) is 0 Å². The molecule has 4 heteroatoms. The van der Waals surface area contributed by atoms with Gasteiger partial charge in [0, 0.05) is 19.1 Å². The van der Waals surface area contributed by atoms with Crippen LogP contribution in [0.15, 0.2) is 0 Å². The molecule has 1 saturated carbocycles. The fraction of sp³-hybridized carbons (Fsp3) is 0.929. The van der Waals surface area contributed by atoms with Crippen LogP contribution in [0.25, 0.3) is 0 Å². The van der Waals surface area contributed by atoms with E-state index in [4.69, 9.17) is 4.43 Å². The van der Waals surface area contributed by atoms with Crippen LogP contribution in [-0.2, 0) is 9.22 Å². The molecule has 0 aromatic rings. The molecule has 1 rings (SSSR count). The van der Waals surface area contributed by atoms with E-state index in [9.17, 15) is 4.79 Å². The summed E-state index contributed by atoms with van der Waals surface area (Å²) in [5.41, 5.74) is 0. The summed E-state index contributed by atoms with van der Waals surface area (Å²) in [5.74, 6) is 0.398. The van der Waals surface area contributed by atoms with E-state index in [1.165, 1.54) is 0 Å². The van der Waals surface area contributed by atoms with Crippen LogP contribution in [0, 0.1) is 5.92 Å². The molecule has 0 radical (unpaired) electrons. The average Bonchev–Trinajstić information content (AvgIpc) is 2.27. The number of amides is 1. The molecule has 0 saturated heterocycles. The van der Waals surface area contributed by atoms with E-state index >= 15 is 0 Å². The van der Waals surface area contributed by atoms with Gasteiger partial charge in [0.15, 0.2) is 8.32 Å². The lowest BCUT2D eigenvalue weighted by molar-refractivity contribution is -0.125. The smallest absolute Gasteiger partial charge is 0.222 e. The molecule has 1 amide bonds. The van der Waals surface area contributed by atoms with Crippen LogP contribution in [0.1, 0.15) is 46.5 Å². The van der Waals surface area contributed by atoms with E-state index in [0.717, 1.165) is 25.7 Å². The SMILES string of the molecule is CNC(=O)C1CCC(O[Si](C)(C)C(C)(C)C)CC1. The summed E-state index contributed by atoms with van der Waals surface area (Å²) < 4.78 is 6.41. The van der Waals surface area contributed by atoms with Gasteiger partial charge in [0.1, 0.15) is 0 Å². The number of hydrogen-bond acceptors (Lipinski definition) is 2. The number of carbonyl (C=O) groups is 1. The maximum Gasteiger partial charge on any atom is 0.222 e. The van der Waals surface area contributed by atoms with Crippen molar-refractivity contribution in [3.63, 3.8) is 0 Å². The Hall–Kier alpha value is -0.353. The minimum Gasteiger partial charge on any atom is -0.414 e. The van der Waals surface area contributed by atoms with Gasteiger partial charge in [-0.3, -0.25) is 4.79 Å². The summed E-state index contributed by atoms with van der Waals surface area (Å²) >= 11 is 0. The summed E-state index contributed by atoms with van der Waals surface area (Å²) in [4.78, 5) is 11.6. The molecule has 0 heterocycles. The second kappa shape index (κ2) is 5.74. The largest absolute Gasteiger partial charge is 0.414 e. The third-order valence-electron chi connectivity index (χ3n) is 4.56. The molecule has 0 aliphatic heterocycles. The van der Waals surface area contributed by atoms with Crippen LogP contribution in [0.3, 0.4) is 0 Å². The van der Waals surface area contributed by atoms with Crippen molar-refractivity contribution in [3.05, 3.63) is 0 Å². The fourth-order valence-corrected chi connectivity index (χ4v) is 3.66. The first-order valence-electron chi connectivity index (χ1n) is 7.07. The molecular weight excluding hydrogens is 242 g/mol. The van der Waals surface area contributed by atoms with E-state index in [0.29, 0.717) is 6.10 Å². The molecule has 0 aromatic carbocycles. The van der Waals surface area contributed by atoms with Crippen LogP contribution in [-0.4, -0.2) is 27.4 Å². The highest BCUT2D eigenvalue weighted by Crippen LogP contribution is 2.39. The number of hydrogen-bond donors (Lipinski definition) is 1. The molecule has 1 aliphatic carbocycles. The highest BCUT2D eigenvalue weighted by atomic mass is 28.4. The van der Waals surface area contributed by atoms with E-state index < -0.39 is 8.32 Å². The second-order valence-corrected chi connectivity index (χ2v) is 11.7. The molecule has 3 nitrogen and oxygen atoms in total. The zero-order valence-corrected chi connectivity index (χ0v) is 13.8. The topological polar surface area (TPSA) is 38.3 Å². The quantitative estimate of drug-likeness (QED) is 0.800. The predicted octanol–water partition coefficient (Wildman–Crippen LogP) is 3.31. The molecule has 1 fully saturated rings. The third kappa shape index (κ3) is 3.82. The lowest BCUT2D eigenvalue weighted by atomic mass is 9.87. The van der Waals surface area contributed by atoms with Crippen LogP contribution in [0.2, 0.25) is 18.1 Å². The minimum absolute atomic E-state index is 0.195. The first-order valence-corrected chi connectivity index (χ1v) is 9.97. The summed E-state index contributed by atoms with van der Waals surface area (Å²) in [6.45, 7) is 11.4. The molecule has 0 bridgehead atoms. The summed E-state index contributed by atoms with van der Waals surface area (Å²) in [7, 11) is 0.0724.